The maximum absolute atomic E-state index is 11.7. The van der Waals surface area contributed by atoms with Crippen molar-refractivity contribution in [2.24, 2.45) is 17.6 Å². The van der Waals surface area contributed by atoms with Gasteiger partial charge >= 0.3 is 5.97 Å². The molecule has 2 atom stereocenters. The molecule has 0 aromatic carbocycles. The van der Waals surface area contributed by atoms with E-state index in [0.29, 0.717) is 18.9 Å². The van der Waals surface area contributed by atoms with Crippen molar-refractivity contribution in [3.8, 4) is 0 Å². The Hall–Kier alpha value is -1.10. The molecule has 3 N–H and O–H groups in total. The molecule has 1 amide bonds. The minimum Gasteiger partial charge on any atom is -0.467 e. The maximum Gasteiger partial charge on any atom is 0.328 e. The first-order chi connectivity index (χ1) is 7.90. The number of rotatable bonds is 7. The van der Waals surface area contributed by atoms with Crippen LogP contribution in [0.1, 0.15) is 33.6 Å². The maximum atomic E-state index is 11.7. The topological polar surface area (TPSA) is 81.4 Å². The lowest BCUT2D eigenvalue weighted by atomic mass is 9.94. The fourth-order valence-electron chi connectivity index (χ4n) is 1.73. The van der Waals surface area contributed by atoms with Crippen molar-refractivity contribution >= 4 is 11.9 Å². The van der Waals surface area contributed by atoms with Crippen molar-refractivity contribution in [3.05, 3.63) is 0 Å². The van der Waals surface area contributed by atoms with Crippen LogP contribution in [0.2, 0.25) is 0 Å². The molecule has 0 radical (unpaired) electrons. The van der Waals surface area contributed by atoms with E-state index in [1.54, 1.807) is 6.92 Å². The first-order valence-electron chi connectivity index (χ1n) is 5.97. The van der Waals surface area contributed by atoms with Crippen LogP contribution in [0.4, 0.5) is 0 Å². The zero-order valence-electron chi connectivity index (χ0n) is 11.2. The van der Waals surface area contributed by atoms with Crippen LogP contribution in [0.3, 0.4) is 0 Å². The number of ether oxygens (including phenoxy) is 1. The number of esters is 1. The molecule has 0 rings (SSSR count). The molecule has 0 saturated carbocycles. The van der Waals surface area contributed by atoms with Crippen molar-refractivity contribution < 1.29 is 14.3 Å². The third-order valence-corrected chi connectivity index (χ3v) is 2.54. The minimum atomic E-state index is -0.607. The first-order valence-corrected chi connectivity index (χ1v) is 5.97. The lowest BCUT2D eigenvalue weighted by Crippen LogP contribution is -2.40. The number of hydrogen-bond donors (Lipinski definition) is 2. The fraction of sp³-hybridized carbons (Fsp3) is 0.833. The van der Waals surface area contributed by atoms with Crippen LogP contribution < -0.4 is 11.1 Å². The summed E-state index contributed by atoms with van der Waals surface area (Å²) in [7, 11) is 1.30. The molecule has 0 fully saturated rings. The Balaban J connectivity index is 4.10. The molecule has 0 aliphatic carbocycles. The summed E-state index contributed by atoms with van der Waals surface area (Å²) in [5.41, 5.74) is 5.61. The molecule has 5 heteroatoms. The van der Waals surface area contributed by atoms with Gasteiger partial charge in [-0.1, -0.05) is 13.8 Å². The normalized spacial score (nSPS) is 14.2. The van der Waals surface area contributed by atoms with E-state index in [0.717, 1.165) is 6.42 Å². The molecule has 0 spiro atoms. The highest BCUT2D eigenvalue weighted by atomic mass is 16.5. The van der Waals surface area contributed by atoms with Crippen LogP contribution in [0.5, 0.6) is 0 Å². The van der Waals surface area contributed by atoms with Crippen LogP contribution in [-0.4, -0.2) is 31.6 Å². The van der Waals surface area contributed by atoms with Crippen LogP contribution in [0, 0.1) is 11.8 Å². The smallest absolute Gasteiger partial charge is 0.328 e. The summed E-state index contributed by atoms with van der Waals surface area (Å²) in [5, 5.41) is 2.60. The predicted octanol–water partition coefficient (Wildman–Crippen LogP) is 0.675. The molecule has 0 bridgehead atoms. The van der Waals surface area contributed by atoms with Gasteiger partial charge in [-0.3, -0.25) is 4.79 Å². The van der Waals surface area contributed by atoms with Gasteiger partial charge in [-0.15, -0.1) is 0 Å². The lowest BCUT2D eigenvalue weighted by Gasteiger charge is -2.18. The van der Waals surface area contributed by atoms with Gasteiger partial charge in [0, 0.05) is 6.42 Å². The van der Waals surface area contributed by atoms with E-state index in [-0.39, 0.29) is 11.8 Å². The van der Waals surface area contributed by atoms with Gasteiger partial charge in [-0.25, -0.2) is 4.79 Å². The average molecular weight is 244 g/mol. The summed E-state index contributed by atoms with van der Waals surface area (Å²) >= 11 is 0. The quantitative estimate of drug-likeness (QED) is 0.645. The van der Waals surface area contributed by atoms with Crippen molar-refractivity contribution in [2.75, 3.05) is 13.7 Å². The highest BCUT2D eigenvalue weighted by molar-refractivity contribution is 5.84. The molecule has 17 heavy (non-hydrogen) atoms. The number of amides is 1. The van der Waals surface area contributed by atoms with Crippen molar-refractivity contribution in [1.82, 2.24) is 5.32 Å². The third-order valence-electron chi connectivity index (χ3n) is 2.54. The molecule has 0 aliphatic heterocycles. The highest BCUT2D eigenvalue weighted by Gasteiger charge is 2.19. The van der Waals surface area contributed by atoms with Gasteiger partial charge in [-0.2, -0.15) is 0 Å². The number of carbonyl (C=O) groups excluding carboxylic acids is 2. The Morgan fingerprint density at radius 1 is 1.29 bits per heavy atom. The van der Waals surface area contributed by atoms with Gasteiger partial charge < -0.3 is 15.8 Å². The van der Waals surface area contributed by atoms with Gasteiger partial charge in [0.05, 0.1) is 7.11 Å². The third kappa shape index (κ3) is 6.94. The van der Waals surface area contributed by atoms with E-state index < -0.39 is 12.0 Å². The van der Waals surface area contributed by atoms with E-state index in [1.807, 2.05) is 0 Å². The standard InChI is InChI=1S/C12H24N2O3/c1-8(2)5-10(7-13)6-11(15)14-9(3)12(16)17-4/h8-10H,5-7,13H2,1-4H3,(H,14,15). The summed E-state index contributed by atoms with van der Waals surface area (Å²) in [6.45, 7) is 6.27. The van der Waals surface area contributed by atoms with Crippen LogP contribution in [0.15, 0.2) is 0 Å². The first kappa shape index (κ1) is 15.9. The monoisotopic (exact) mass is 244 g/mol. The van der Waals surface area contributed by atoms with Gasteiger partial charge in [0.15, 0.2) is 0 Å². The summed E-state index contributed by atoms with van der Waals surface area (Å²) in [6.07, 6.45) is 1.27. The zero-order chi connectivity index (χ0) is 13.4. The second-order valence-electron chi connectivity index (χ2n) is 4.75. The van der Waals surface area contributed by atoms with E-state index in [9.17, 15) is 9.59 Å². The predicted molar refractivity (Wildman–Crippen MR) is 66.2 cm³/mol. The molecule has 0 aliphatic rings. The number of hydrogen-bond acceptors (Lipinski definition) is 4. The number of nitrogens with one attached hydrogen (secondary N) is 1. The van der Waals surface area contributed by atoms with E-state index >= 15 is 0 Å². The zero-order valence-corrected chi connectivity index (χ0v) is 11.2. The van der Waals surface area contributed by atoms with E-state index in [4.69, 9.17) is 5.73 Å². The molecule has 0 saturated heterocycles. The van der Waals surface area contributed by atoms with Crippen LogP contribution >= 0.6 is 0 Å². The van der Waals surface area contributed by atoms with Crippen molar-refractivity contribution in [3.63, 3.8) is 0 Å². The molecule has 0 heterocycles. The van der Waals surface area contributed by atoms with Crippen molar-refractivity contribution in [2.45, 2.75) is 39.7 Å². The Morgan fingerprint density at radius 2 is 1.88 bits per heavy atom. The molecule has 0 aromatic heterocycles. The summed E-state index contributed by atoms with van der Waals surface area (Å²) < 4.78 is 4.53. The van der Waals surface area contributed by atoms with Crippen molar-refractivity contribution in [1.29, 1.82) is 0 Å². The van der Waals surface area contributed by atoms with E-state index in [1.165, 1.54) is 7.11 Å². The van der Waals surface area contributed by atoms with Gasteiger partial charge in [-0.05, 0) is 31.7 Å². The number of nitrogens with two attached hydrogens (primary N) is 1. The van der Waals surface area contributed by atoms with Gasteiger partial charge in [0.25, 0.3) is 0 Å². The average Bonchev–Trinajstić information content (AvgIpc) is 2.25. The Kier molecular flexibility index (Phi) is 7.54. The molecular weight excluding hydrogens is 220 g/mol. The lowest BCUT2D eigenvalue weighted by molar-refractivity contribution is -0.144. The van der Waals surface area contributed by atoms with Crippen LogP contribution in [0.25, 0.3) is 0 Å². The van der Waals surface area contributed by atoms with E-state index in [2.05, 4.69) is 23.9 Å². The Labute approximate surface area is 103 Å². The fourth-order valence-corrected chi connectivity index (χ4v) is 1.73. The largest absolute Gasteiger partial charge is 0.467 e. The Bertz CT molecular complexity index is 254. The summed E-state index contributed by atoms with van der Waals surface area (Å²) in [5.74, 6) is 0.0831. The minimum absolute atomic E-state index is 0.154. The van der Waals surface area contributed by atoms with Gasteiger partial charge in [0.1, 0.15) is 6.04 Å². The highest BCUT2D eigenvalue weighted by Crippen LogP contribution is 2.14. The Morgan fingerprint density at radius 3 is 2.29 bits per heavy atom. The summed E-state index contributed by atoms with van der Waals surface area (Å²) in [4.78, 5) is 22.8. The SMILES string of the molecule is COC(=O)C(C)NC(=O)CC(CN)CC(C)C. The molecular formula is C12H24N2O3. The molecule has 0 aromatic rings. The second kappa shape index (κ2) is 8.06. The second-order valence-corrected chi connectivity index (χ2v) is 4.75. The summed E-state index contributed by atoms with van der Waals surface area (Å²) in [6, 6.07) is -0.607. The number of methoxy groups -OCH3 is 1. The number of carbonyl (C=O) groups is 2. The van der Waals surface area contributed by atoms with Crippen LogP contribution in [-0.2, 0) is 14.3 Å². The molecule has 2 unspecified atom stereocenters. The van der Waals surface area contributed by atoms with Gasteiger partial charge in [0.2, 0.25) is 5.91 Å². The molecule has 100 valence electrons. The molecule has 5 nitrogen and oxygen atoms in total.